The van der Waals surface area contributed by atoms with Crippen LogP contribution in [0.2, 0.25) is 0 Å². The monoisotopic (exact) mass is 420 g/mol. The van der Waals surface area contributed by atoms with Gasteiger partial charge in [-0.15, -0.1) is 10.2 Å². The number of amides is 2. The van der Waals surface area contributed by atoms with Gasteiger partial charge in [-0.05, 0) is 55.3 Å². The number of anilines is 1. The number of carbonyl (C=O) groups excluding carboxylic acids is 2. The third-order valence-electron chi connectivity index (χ3n) is 5.64. The molecule has 0 bridgehead atoms. The van der Waals surface area contributed by atoms with Crippen LogP contribution in [0.15, 0.2) is 48.7 Å². The van der Waals surface area contributed by atoms with E-state index in [0.29, 0.717) is 29.3 Å². The molecule has 158 valence electrons. The van der Waals surface area contributed by atoms with Crippen LogP contribution in [0.3, 0.4) is 0 Å². The number of pyridine rings is 1. The molecular weight excluding hydrogens is 399 g/mol. The molecule has 5 N–H and O–H groups in total. The van der Waals surface area contributed by atoms with E-state index in [1.54, 1.807) is 24.4 Å². The van der Waals surface area contributed by atoms with Crippen LogP contribution >= 0.6 is 0 Å². The number of carbonyl (C=O) groups is 2. The van der Waals surface area contributed by atoms with E-state index in [1.165, 1.54) is 24.3 Å². The molecule has 8 nitrogen and oxygen atoms in total. The summed E-state index contributed by atoms with van der Waals surface area (Å²) in [4.78, 5) is 27.4. The summed E-state index contributed by atoms with van der Waals surface area (Å²) < 4.78 is 14.3. The number of benzene rings is 1. The molecule has 1 fully saturated rings. The van der Waals surface area contributed by atoms with E-state index in [9.17, 15) is 14.0 Å². The van der Waals surface area contributed by atoms with Crippen LogP contribution < -0.4 is 16.8 Å². The smallest absolute Gasteiger partial charge is 0.248 e. The molecule has 1 aliphatic carbocycles. The maximum absolute atomic E-state index is 14.3. The predicted octanol–water partition coefficient (Wildman–Crippen LogP) is 2.41. The number of hydrogen-bond donors (Lipinski definition) is 3. The lowest BCUT2D eigenvalue weighted by Gasteiger charge is -2.41. The van der Waals surface area contributed by atoms with Gasteiger partial charge in [-0.2, -0.15) is 0 Å². The zero-order chi connectivity index (χ0) is 22.0. The Kier molecular flexibility index (Phi) is 5.33. The topological polar surface area (TPSA) is 137 Å². The fourth-order valence-electron chi connectivity index (χ4n) is 3.78. The Balaban J connectivity index is 1.53. The summed E-state index contributed by atoms with van der Waals surface area (Å²) in [5.74, 6) is -1.14. The largest absolute Gasteiger partial charge is 0.368 e. The molecule has 9 heteroatoms. The minimum atomic E-state index is -0.678. The number of hydrogen-bond acceptors (Lipinski definition) is 6. The van der Waals surface area contributed by atoms with Crippen LogP contribution in [0.25, 0.3) is 11.3 Å². The number of aromatic nitrogens is 3. The van der Waals surface area contributed by atoms with Gasteiger partial charge < -0.3 is 16.8 Å². The fraction of sp³-hybridized carbons (Fsp3) is 0.227. The second kappa shape index (κ2) is 8.10. The highest BCUT2D eigenvalue weighted by Gasteiger charge is 2.41. The van der Waals surface area contributed by atoms with Gasteiger partial charge in [-0.1, -0.05) is 6.42 Å². The zero-order valence-corrected chi connectivity index (χ0v) is 16.6. The van der Waals surface area contributed by atoms with Crippen LogP contribution in [0.5, 0.6) is 0 Å². The summed E-state index contributed by atoms with van der Waals surface area (Å²) >= 11 is 0. The molecule has 0 aliphatic heterocycles. The number of nitrogens with two attached hydrogens (primary N) is 2. The molecule has 31 heavy (non-hydrogen) atoms. The van der Waals surface area contributed by atoms with Gasteiger partial charge in [0, 0.05) is 34.8 Å². The third kappa shape index (κ3) is 4.07. The molecule has 4 rings (SSSR count). The number of primary amides is 2. The van der Waals surface area contributed by atoms with Gasteiger partial charge in [-0.3, -0.25) is 14.6 Å². The average Bonchev–Trinajstić information content (AvgIpc) is 2.74. The molecule has 2 heterocycles. The van der Waals surface area contributed by atoms with E-state index in [2.05, 4.69) is 20.5 Å². The van der Waals surface area contributed by atoms with Gasteiger partial charge in [0.1, 0.15) is 11.6 Å². The molecule has 0 atom stereocenters. The van der Waals surface area contributed by atoms with Crippen molar-refractivity contribution in [1.82, 2.24) is 15.2 Å². The predicted molar refractivity (Wildman–Crippen MR) is 113 cm³/mol. The van der Waals surface area contributed by atoms with E-state index in [0.717, 1.165) is 19.3 Å². The molecule has 1 aliphatic rings. The fourth-order valence-corrected chi connectivity index (χ4v) is 3.78. The zero-order valence-electron chi connectivity index (χ0n) is 16.6. The Morgan fingerprint density at radius 3 is 2.26 bits per heavy atom. The van der Waals surface area contributed by atoms with E-state index in [-0.39, 0.29) is 22.4 Å². The third-order valence-corrected chi connectivity index (χ3v) is 5.64. The van der Waals surface area contributed by atoms with Gasteiger partial charge in [0.2, 0.25) is 11.8 Å². The lowest BCUT2D eigenvalue weighted by atomic mass is 9.66. The first-order valence-corrected chi connectivity index (χ1v) is 9.82. The quantitative estimate of drug-likeness (QED) is 0.537. The number of nitrogens with one attached hydrogen (secondary N) is 1. The molecule has 2 amide bonds. The first kappa shape index (κ1) is 20.4. The van der Waals surface area contributed by atoms with Crippen molar-refractivity contribution in [2.24, 2.45) is 11.5 Å². The summed E-state index contributed by atoms with van der Waals surface area (Å²) in [5, 5.41) is 11.6. The highest BCUT2D eigenvalue weighted by molar-refractivity contribution is 6.00. The lowest BCUT2D eigenvalue weighted by Crippen LogP contribution is -2.42. The van der Waals surface area contributed by atoms with Crippen molar-refractivity contribution < 1.29 is 14.0 Å². The van der Waals surface area contributed by atoms with Crippen molar-refractivity contribution in [1.29, 1.82) is 0 Å². The summed E-state index contributed by atoms with van der Waals surface area (Å²) in [5.41, 5.74) is 12.0. The lowest BCUT2D eigenvalue weighted by molar-refractivity contribution is 0.0999. The Morgan fingerprint density at radius 2 is 1.74 bits per heavy atom. The first-order valence-electron chi connectivity index (χ1n) is 9.82. The van der Waals surface area contributed by atoms with E-state index in [4.69, 9.17) is 11.5 Å². The molecule has 0 radical (unpaired) electrons. The summed E-state index contributed by atoms with van der Waals surface area (Å²) in [6.07, 6.45) is 4.30. The van der Waals surface area contributed by atoms with Gasteiger partial charge >= 0.3 is 0 Å². The minimum absolute atomic E-state index is 0.152. The highest BCUT2D eigenvalue weighted by atomic mass is 19.1. The van der Waals surface area contributed by atoms with Crippen molar-refractivity contribution >= 4 is 17.6 Å². The van der Waals surface area contributed by atoms with Crippen molar-refractivity contribution in [2.45, 2.75) is 24.7 Å². The Morgan fingerprint density at radius 1 is 1.03 bits per heavy atom. The molecular formula is C22H21FN6O2. The molecule has 0 spiro atoms. The molecule has 0 saturated heterocycles. The van der Waals surface area contributed by atoms with Crippen LogP contribution in [0.1, 0.15) is 45.7 Å². The van der Waals surface area contributed by atoms with Gasteiger partial charge in [0.05, 0.1) is 11.4 Å². The van der Waals surface area contributed by atoms with Crippen LogP contribution in [-0.2, 0) is 5.41 Å². The Labute approximate surface area is 177 Å². The van der Waals surface area contributed by atoms with Crippen molar-refractivity contribution in [2.75, 3.05) is 11.9 Å². The Hall–Kier alpha value is -3.88. The van der Waals surface area contributed by atoms with E-state index < -0.39 is 11.8 Å². The molecule has 3 aromatic rings. The second-order valence-corrected chi connectivity index (χ2v) is 7.65. The van der Waals surface area contributed by atoms with E-state index in [1.807, 2.05) is 0 Å². The molecule has 1 saturated carbocycles. The van der Waals surface area contributed by atoms with Gasteiger partial charge in [-0.25, -0.2) is 4.39 Å². The average molecular weight is 420 g/mol. The normalized spacial score (nSPS) is 14.5. The summed E-state index contributed by atoms with van der Waals surface area (Å²) in [7, 11) is 0. The highest BCUT2D eigenvalue weighted by Crippen LogP contribution is 2.43. The second-order valence-electron chi connectivity index (χ2n) is 7.65. The summed E-state index contributed by atoms with van der Waals surface area (Å²) in [6.45, 7) is 0.484. The van der Waals surface area contributed by atoms with Gasteiger partial charge in [0.15, 0.2) is 0 Å². The molecule has 0 unspecified atom stereocenters. The van der Waals surface area contributed by atoms with Gasteiger partial charge in [0.25, 0.3) is 0 Å². The Bertz CT molecular complexity index is 1110. The SMILES string of the molecule is NC(=O)c1cc(C(N)=O)cc(-c2ccc(NCC3(c4ncccc4F)CCC3)nn2)c1. The first-order chi connectivity index (χ1) is 14.9. The standard InChI is InChI=1S/C22H21FN6O2/c23-16-3-1-8-26-19(16)22(6-2-7-22)12-27-18-5-4-17(28-29-18)13-9-14(20(24)30)11-15(10-13)21(25)31/h1,3-5,8-11H,2,6-7,12H2,(H2,24,30)(H2,25,31)(H,27,29). The maximum Gasteiger partial charge on any atom is 0.248 e. The molecule has 1 aromatic carbocycles. The van der Waals surface area contributed by atoms with Crippen LogP contribution in [0, 0.1) is 5.82 Å². The van der Waals surface area contributed by atoms with E-state index >= 15 is 0 Å². The molecule has 2 aromatic heterocycles. The van der Waals surface area contributed by atoms with Crippen molar-refractivity contribution in [3.8, 4) is 11.3 Å². The minimum Gasteiger partial charge on any atom is -0.368 e. The van der Waals surface area contributed by atoms with Crippen LogP contribution in [-0.4, -0.2) is 33.5 Å². The maximum atomic E-state index is 14.3. The summed E-state index contributed by atoms with van der Waals surface area (Å²) in [6, 6.07) is 10.8. The number of rotatable bonds is 7. The van der Waals surface area contributed by atoms with Crippen LogP contribution in [0.4, 0.5) is 10.2 Å². The van der Waals surface area contributed by atoms with Crippen molar-refractivity contribution in [3.63, 3.8) is 0 Å². The number of nitrogens with zero attached hydrogens (tertiary/aromatic N) is 3. The van der Waals surface area contributed by atoms with Crippen molar-refractivity contribution in [3.05, 3.63) is 71.3 Å². The number of halogens is 1.